The second-order valence-electron chi connectivity index (χ2n) is 6.19. The van der Waals surface area contributed by atoms with Gasteiger partial charge in [-0.05, 0) is 23.3 Å². The maximum absolute atomic E-state index is 11.4. The third-order valence-electron chi connectivity index (χ3n) is 4.11. The first-order valence-corrected chi connectivity index (χ1v) is 14.8. The van der Waals surface area contributed by atoms with Gasteiger partial charge < -0.3 is 0 Å². The van der Waals surface area contributed by atoms with Gasteiger partial charge >= 0.3 is 0 Å². The van der Waals surface area contributed by atoms with E-state index in [1.807, 2.05) is 47.0 Å². The molecule has 4 unspecified atom stereocenters. The van der Waals surface area contributed by atoms with Crippen LogP contribution >= 0.6 is 70.6 Å². The maximum Gasteiger partial charge on any atom is 0.211 e. The summed E-state index contributed by atoms with van der Waals surface area (Å²) in [7, 11) is 0. The number of carbonyl (C=O) groups is 2. The molecule has 2 fully saturated rings. The van der Waals surface area contributed by atoms with Gasteiger partial charge in [-0.25, -0.2) is 0 Å². The normalized spacial score (nSPS) is 26.9. The molecule has 2 aliphatic rings. The van der Waals surface area contributed by atoms with Gasteiger partial charge in [0.05, 0.1) is 9.16 Å². The quantitative estimate of drug-likeness (QED) is 0.398. The van der Waals surface area contributed by atoms with E-state index in [1.54, 1.807) is 0 Å². The van der Waals surface area contributed by atoms with E-state index >= 15 is 0 Å². The third kappa shape index (κ3) is 6.57. The minimum atomic E-state index is 0.0637. The molecule has 1 aromatic carbocycles. The molecule has 150 valence electrons. The highest BCUT2D eigenvalue weighted by atomic mass is 32.2. The molecule has 0 spiro atoms. The summed E-state index contributed by atoms with van der Waals surface area (Å²) in [6.07, 6.45) is 2.79. The minimum absolute atomic E-state index is 0.0637. The summed E-state index contributed by atoms with van der Waals surface area (Å²) in [6, 6.07) is 8.96. The second-order valence-corrected chi connectivity index (χ2v) is 13.9. The Morgan fingerprint density at radius 2 is 1.39 bits per heavy atom. The van der Waals surface area contributed by atoms with Crippen LogP contribution in [0.25, 0.3) is 0 Å². The van der Waals surface area contributed by atoms with Crippen molar-refractivity contribution in [2.24, 2.45) is 0 Å². The molecule has 0 saturated carbocycles. The molecule has 0 amide bonds. The predicted molar refractivity (Wildman–Crippen MR) is 135 cm³/mol. The molecule has 4 atom stereocenters. The monoisotopic (exact) mass is 486 g/mol. The summed E-state index contributed by atoms with van der Waals surface area (Å²) in [5.41, 5.74) is 2.74. The largest absolute Gasteiger partial charge is 0.282 e. The molecule has 2 saturated heterocycles. The summed E-state index contributed by atoms with van der Waals surface area (Å²) in [5.74, 6) is 3.88. The van der Waals surface area contributed by atoms with Crippen LogP contribution in [0.4, 0.5) is 0 Å². The van der Waals surface area contributed by atoms with Gasteiger partial charge in [-0.3, -0.25) is 9.59 Å². The van der Waals surface area contributed by atoms with Crippen LogP contribution in [0.2, 0.25) is 0 Å². The Balaban J connectivity index is 1.53. The molecule has 3 rings (SSSR count). The fourth-order valence-corrected chi connectivity index (χ4v) is 11.4. The van der Waals surface area contributed by atoms with E-state index in [1.165, 1.54) is 46.8 Å². The van der Waals surface area contributed by atoms with E-state index in [2.05, 4.69) is 37.4 Å². The highest BCUT2D eigenvalue weighted by Crippen LogP contribution is 2.53. The lowest BCUT2D eigenvalue weighted by Crippen LogP contribution is -2.06. The van der Waals surface area contributed by atoms with Crippen molar-refractivity contribution >= 4 is 80.8 Å². The van der Waals surface area contributed by atoms with Crippen LogP contribution in [0.3, 0.4) is 0 Å². The summed E-state index contributed by atoms with van der Waals surface area (Å²) >= 11 is 10.6. The second kappa shape index (κ2) is 11.5. The number of thioether (sulfide) groups is 6. The summed E-state index contributed by atoms with van der Waals surface area (Å²) in [5, 5.41) is 1.14. The number of rotatable bonds is 8. The van der Waals surface area contributed by atoms with Crippen LogP contribution in [-0.4, -0.2) is 43.7 Å². The van der Waals surface area contributed by atoms with Crippen LogP contribution in [0.1, 0.15) is 20.3 Å². The van der Waals surface area contributed by atoms with E-state index in [4.69, 9.17) is 0 Å². The molecule has 0 N–H and O–H groups in total. The highest BCUT2D eigenvalue weighted by Gasteiger charge is 2.30. The topological polar surface area (TPSA) is 34.1 Å². The fourth-order valence-electron chi connectivity index (χ4n) is 2.74. The Kier molecular flexibility index (Phi) is 9.38. The molecule has 8 heteroatoms. The Morgan fingerprint density at radius 1 is 0.929 bits per heavy atom. The first-order chi connectivity index (χ1) is 13.6. The maximum atomic E-state index is 11.4. The average Bonchev–Trinajstić information content (AvgIpc) is 3.40. The Hall–Kier alpha value is 0.140. The molecule has 0 aliphatic carbocycles. The number of hydrogen-bond donors (Lipinski definition) is 0. The average molecular weight is 487 g/mol. The van der Waals surface area contributed by atoms with E-state index < -0.39 is 0 Å². The van der Waals surface area contributed by atoms with Crippen molar-refractivity contribution in [3.05, 3.63) is 60.7 Å². The number of hydrogen-bond acceptors (Lipinski definition) is 8. The SMILES string of the molecule is C=CC(=O)SCC1CSC(c2cccc(C3SCC(CSC(=O)C=C)S3)c2)S1. The van der Waals surface area contributed by atoms with Crippen LogP contribution in [0, 0.1) is 0 Å². The zero-order valence-electron chi connectivity index (χ0n) is 15.3. The van der Waals surface area contributed by atoms with E-state index in [0.717, 1.165) is 23.0 Å². The van der Waals surface area contributed by atoms with Crippen molar-refractivity contribution in [1.82, 2.24) is 0 Å². The molecule has 0 aromatic heterocycles. The zero-order chi connectivity index (χ0) is 19.9. The molecular weight excluding hydrogens is 465 g/mol. The number of carbonyl (C=O) groups excluding carboxylic acids is 2. The smallest absolute Gasteiger partial charge is 0.211 e. The van der Waals surface area contributed by atoms with Gasteiger partial charge in [0.25, 0.3) is 0 Å². The summed E-state index contributed by atoms with van der Waals surface area (Å²) in [4.78, 5) is 22.9. The van der Waals surface area contributed by atoms with Crippen molar-refractivity contribution < 1.29 is 9.59 Å². The number of benzene rings is 1. The van der Waals surface area contributed by atoms with Crippen molar-refractivity contribution in [3.8, 4) is 0 Å². The Morgan fingerprint density at radius 3 is 1.82 bits per heavy atom. The lowest BCUT2D eigenvalue weighted by atomic mass is 10.1. The Bertz CT molecular complexity index is 680. The molecule has 2 aliphatic heterocycles. The first kappa shape index (κ1) is 22.8. The van der Waals surface area contributed by atoms with Crippen LogP contribution in [0.15, 0.2) is 49.6 Å². The van der Waals surface area contributed by atoms with Crippen molar-refractivity contribution in [2.45, 2.75) is 19.7 Å². The fraction of sp³-hybridized carbons (Fsp3) is 0.400. The summed E-state index contributed by atoms with van der Waals surface area (Å²) < 4.78 is 0.884. The lowest BCUT2D eigenvalue weighted by molar-refractivity contribution is -0.107. The van der Waals surface area contributed by atoms with E-state index in [0.29, 0.717) is 19.7 Å². The van der Waals surface area contributed by atoms with E-state index in [9.17, 15) is 9.59 Å². The molecule has 0 bridgehead atoms. The van der Waals surface area contributed by atoms with Gasteiger partial charge in [0, 0.05) is 33.5 Å². The molecule has 2 nitrogen and oxygen atoms in total. The summed E-state index contributed by atoms with van der Waals surface area (Å²) in [6.45, 7) is 7.07. The van der Waals surface area contributed by atoms with Gasteiger partial charge in [0.1, 0.15) is 0 Å². The van der Waals surface area contributed by atoms with Gasteiger partial charge in [-0.1, -0.05) is 60.9 Å². The molecule has 28 heavy (non-hydrogen) atoms. The van der Waals surface area contributed by atoms with Gasteiger partial charge in [-0.15, -0.1) is 47.0 Å². The van der Waals surface area contributed by atoms with Crippen LogP contribution in [-0.2, 0) is 9.59 Å². The molecular formula is C20H22O2S6. The van der Waals surface area contributed by atoms with Crippen LogP contribution in [0.5, 0.6) is 0 Å². The first-order valence-electron chi connectivity index (χ1n) is 8.81. The third-order valence-corrected chi connectivity index (χ3v) is 13.3. The van der Waals surface area contributed by atoms with Crippen molar-refractivity contribution in [1.29, 1.82) is 0 Å². The van der Waals surface area contributed by atoms with Crippen molar-refractivity contribution in [2.75, 3.05) is 23.0 Å². The molecule has 2 heterocycles. The van der Waals surface area contributed by atoms with Gasteiger partial charge in [0.2, 0.25) is 10.2 Å². The molecule has 0 radical (unpaired) electrons. The predicted octanol–water partition coefficient (Wildman–Crippen LogP) is 6.27. The Labute approximate surface area is 192 Å². The van der Waals surface area contributed by atoms with Gasteiger partial charge in [-0.2, -0.15) is 0 Å². The lowest BCUT2D eigenvalue weighted by Gasteiger charge is -2.15. The van der Waals surface area contributed by atoms with Crippen molar-refractivity contribution in [3.63, 3.8) is 0 Å². The highest BCUT2D eigenvalue weighted by molar-refractivity contribution is 8.21. The van der Waals surface area contributed by atoms with Crippen LogP contribution < -0.4 is 0 Å². The minimum Gasteiger partial charge on any atom is -0.282 e. The molecule has 1 aromatic rings. The van der Waals surface area contributed by atoms with E-state index in [-0.39, 0.29) is 10.2 Å². The standard InChI is InChI=1S/C20H22O2S6/c1-3-17(21)23-9-15-11-25-19(27-15)13-6-5-7-14(8-13)20-26-12-16(28-20)10-24-18(22)4-2/h3-8,15-16,19-20H,1-2,9-12H2. The zero-order valence-corrected chi connectivity index (χ0v) is 20.2. The van der Waals surface area contributed by atoms with Gasteiger partial charge in [0.15, 0.2) is 0 Å².